The number of amidine groups is 1. The number of nitrogens with one attached hydrogen (secondary N) is 2. The standard InChI is InChI=1S/C25H18BrN5O4S/c26-14-5-7-15(8-6-14)27-21(33)13-20-24(35)31(16-9-11-17(32)12-10-16)25(36-20)30-29-22-18-3-1-2-4-19(18)28-23(22)34/h1-12,20,32H,13H2,(H,27,33)(H,28,29,34)/b30-25+. The van der Waals surface area contributed by atoms with Gasteiger partial charge in [0.25, 0.3) is 5.91 Å². The van der Waals surface area contributed by atoms with Gasteiger partial charge in [0.1, 0.15) is 11.0 Å². The number of thioether (sulfide) groups is 1. The monoisotopic (exact) mass is 563 g/mol. The highest BCUT2D eigenvalue weighted by atomic mass is 79.9. The molecule has 3 amide bonds. The molecule has 0 saturated carbocycles. The van der Waals surface area contributed by atoms with Gasteiger partial charge in [-0.15, -0.1) is 10.2 Å². The van der Waals surface area contributed by atoms with E-state index in [1.165, 1.54) is 17.0 Å². The lowest BCUT2D eigenvalue weighted by atomic mass is 10.1. The number of phenols is 1. The summed E-state index contributed by atoms with van der Waals surface area (Å²) in [6, 6.07) is 20.3. The molecule has 11 heteroatoms. The number of carbonyl (C=O) groups excluding carboxylic acids is 3. The summed E-state index contributed by atoms with van der Waals surface area (Å²) >= 11 is 4.44. The lowest BCUT2D eigenvalue weighted by molar-refractivity contribution is -0.121. The van der Waals surface area contributed by atoms with Gasteiger partial charge in [-0.2, -0.15) is 0 Å². The van der Waals surface area contributed by atoms with Crippen LogP contribution in [-0.2, 0) is 14.4 Å². The molecule has 3 aromatic carbocycles. The van der Waals surface area contributed by atoms with Crippen LogP contribution in [0.5, 0.6) is 5.75 Å². The zero-order valence-electron chi connectivity index (χ0n) is 18.5. The maximum atomic E-state index is 13.3. The number of amides is 3. The fraction of sp³-hybridized carbons (Fsp3) is 0.0800. The number of halogens is 1. The molecule has 0 bridgehead atoms. The number of carbonyl (C=O) groups is 3. The van der Waals surface area contributed by atoms with Crippen molar-refractivity contribution in [3.63, 3.8) is 0 Å². The maximum Gasteiger partial charge on any atom is 0.276 e. The number of hydrogen-bond donors (Lipinski definition) is 3. The zero-order chi connectivity index (χ0) is 25.2. The predicted molar refractivity (Wildman–Crippen MR) is 143 cm³/mol. The summed E-state index contributed by atoms with van der Waals surface area (Å²) in [6.07, 6.45) is -0.0902. The summed E-state index contributed by atoms with van der Waals surface area (Å²) in [5, 5.41) is 23.1. The van der Waals surface area contributed by atoms with Gasteiger partial charge in [-0.05, 0) is 54.6 Å². The molecule has 3 N–H and O–H groups in total. The number of para-hydroxylation sites is 1. The van der Waals surface area contributed by atoms with Crippen LogP contribution in [-0.4, -0.2) is 39.0 Å². The van der Waals surface area contributed by atoms with Crippen LogP contribution in [0.15, 0.2) is 87.5 Å². The fourth-order valence-corrected chi connectivity index (χ4v) is 5.06. The lowest BCUT2D eigenvalue weighted by Gasteiger charge is -2.16. The van der Waals surface area contributed by atoms with Crippen molar-refractivity contribution in [1.82, 2.24) is 0 Å². The van der Waals surface area contributed by atoms with Gasteiger partial charge in [0.15, 0.2) is 10.9 Å². The van der Waals surface area contributed by atoms with Crippen LogP contribution >= 0.6 is 27.7 Å². The topological polar surface area (TPSA) is 123 Å². The van der Waals surface area contributed by atoms with Crippen molar-refractivity contribution in [2.45, 2.75) is 11.7 Å². The van der Waals surface area contributed by atoms with Crippen LogP contribution in [0.3, 0.4) is 0 Å². The van der Waals surface area contributed by atoms with Crippen molar-refractivity contribution in [3.8, 4) is 5.75 Å². The number of hydrogen-bond acceptors (Lipinski definition) is 7. The van der Waals surface area contributed by atoms with E-state index in [9.17, 15) is 19.5 Å². The summed E-state index contributed by atoms with van der Waals surface area (Å²) in [7, 11) is 0. The van der Waals surface area contributed by atoms with Crippen molar-refractivity contribution in [3.05, 3.63) is 82.8 Å². The van der Waals surface area contributed by atoms with Gasteiger partial charge in [0.2, 0.25) is 11.8 Å². The van der Waals surface area contributed by atoms with Crippen molar-refractivity contribution in [2.24, 2.45) is 10.2 Å². The number of phenolic OH excluding ortho intramolecular Hbond substituents is 1. The number of rotatable bonds is 5. The second-order valence-corrected chi connectivity index (χ2v) is 9.97. The zero-order valence-corrected chi connectivity index (χ0v) is 20.9. The summed E-state index contributed by atoms with van der Waals surface area (Å²) in [5.74, 6) is -1.03. The van der Waals surface area contributed by atoms with E-state index >= 15 is 0 Å². The molecule has 2 aliphatic rings. The summed E-state index contributed by atoms with van der Waals surface area (Å²) in [5.41, 5.74) is 2.45. The maximum absolute atomic E-state index is 13.3. The van der Waals surface area contributed by atoms with Gasteiger partial charge < -0.3 is 15.7 Å². The SMILES string of the molecule is O=C(CC1S/C(=N/N=C2\C(=O)Nc3ccccc32)N(c2ccc(O)cc2)C1=O)Nc1ccc(Br)cc1. The first-order valence-corrected chi connectivity index (χ1v) is 12.5. The van der Waals surface area contributed by atoms with Crippen LogP contribution < -0.4 is 15.5 Å². The molecule has 2 aliphatic heterocycles. The summed E-state index contributed by atoms with van der Waals surface area (Å²) in [4.78, 5) is 39.8. The number of anilines is 3. The Hall–Kier alpha value is -3.96. The Balaban J connectivity index is 1.42. The number of fused-ring (bicyclic) bond motifs is 1. The molecule has 1 unspecified atom stereocenters. The normalized spacial score (nSPS) is 19.0. The Bertz CT molecular complexity index is 1420. The van der Waals surface area contributed by atoms with Crippen LogP contribution in [0.4, 0.5) is 17.1 Å². The largest absolute Gasteiger partial charge is 0.508 e. The van der Waals surface area contributed by atoms with E-state index in [2.05, 4.69) is 36.8 Å². The van der Waals surface area contributed by atoms with E-state index in [0.29, 0.717) is 22.6 Å². The molecule has 0 radical (unpaired) electrons. The molecule has 5 rings (SSSR count). The third-order valence-electron chi connectivity index (χ3n) is 5.42. The average molecular weight is 564 g/mol. The van der Waals surface area contributed by atoms with E-state index in [4.69, 9.17) is 0 Å². The van der Waals surface area contributed by atoms with Gasteiger partial charge in [-0.3, -0.25) is 19.3 Å². The third-order valence-corrected chi connectivity index (χ3v) is 7.08. The minimum atomic E-state index is -0.752. The van der Waals surface area contributed by atoms with E-state index in [1.54, 1.807) is 60.7 Å². The summed E-state index contributed by atoms with van der Waals surface area (Å²) < 4.78 is 0.882. The first-order valence-electron chi connectivity index (χ1n) is 10.8. The van der Waals surface area contributed by atoms with Gasteiger partial charge in [0.05, 0.1) is 11.4 Å². The van der Waals surface area contributed by atoms with Crippen LogP contribution in [0.1, 0.15) is 12.0 Å². The third kappa shape index (κ3) is 4.88. The van der Waals surface area contributed by atoms with E-state index in [-0.39, 0.29) is 34.9 Å². The molecule has 36 heavy (non-hydrogen) atoms. The average Bonchev–Trinajstić information content (AvgIpc) is 3.35. The molecular weight excluding hydrogens is 546 g/mol. The van der Waals surface area contributed by atoms with Crippen LogP contribution in [0, 0.1) is 0 Å². The molecule has 0 spiro atoms. The van der Waals surface area contributed by atoms with Crippen molar-refractivity contribution >= 4 is 73.4 Å². The molecule has 1 atom stereocenters. The molecule has 1 fully saturated rings. The Kier molecular flexibility index (Phi) is 6.57. The van der Waals surface area contributed by atoms with Gasteiger partial charge in [-0.1, -0.05) is 45.9 Å². The minimum absolute atomic E-state index is 0.0430. The van der Waals surface area contributed by atoms with Crippen molar-refractivity contribution < 1.29 is 19.5 Å². The Morgan fingerprint density at radius 2 is 1.75 bits per heavy atom. The smallest absolute Gasteiger partial charge is 0.276 e. The molecule has 2 heterocycles. The molecule has 0 aliphatic carbocycles. The molecule has 9 nitrogen and oxygen atoms in total. The van der Waals surface area contributed by atoms with Crippen LogP contribution in [0.25, 0.3) is 0 Å². The Morgan fingerprint density at radius 1 is 1.03 bits per heavy atom. The van der Waals surface area contributed by atoms with Gasteiger partial charge >= 0.3 is 0 Å². The van der Waals surface area contributed by atoms with Crippen molar-refractivity contribution in [1.29, 1.82) is 0 Å². The highest BCUT2D eigenvalue weighted by Gasteiger charge is 2.40. The molecule has 3 aromatic rings. The molecule has 0 aromatic heterocycles. The van der Waals surface area contributed by atoms with Crippen LogP contribution in [0.2, 0.25) is 0 Å². The lowest BCUT2D eigenvalue weighted by Crippen LogP contribution is -2.33. The quantitative estimate of drug-likeness (QED) is 0.398. The number of nitrogens with zero attached hydrogens (tertiary/aromatic N) is 3. The highest BCUT2D eigenvalue weighted by Crippen LogP contribution is 2.35. The number of aromatic hydroxyl groups is 1. The Labute approximate surface area is 218 Å². The molecule has 1 saturated heterocycles. The molecule has 180 valence electrons. The predicted octanol–water partition coefficient (Wildman–Crippen LogP) is 4.34. The first kappa shape index (κ1) is 23.8. The minimum Gasteiger partial charge on any atom is -0.508 e. The fourth-order valence-electron chi connectivity index (χ4n) is 3.71. The van der Waals surface area contributed by atoms with Gasteiger partial charge in [0, 0.05) is 22.1 Å². The second kappa shape index (κ2) is 9.96. The van der Waals surface area contributed by atoms with E-state index in [0.717, 1.165) is 16.2 Å². The Morgan fingerprint density at radius 3 is 2.50 bits per heavy atom. The van der Waals surface area contributed by atoms with E-state index in [1.807, 2.05) is 0 Å². The van der Waals surface area contributed by atoms with Crippen molar-refractivity contribution in [2.75, 3.05) is 15.5 Å². The first-order chi connectivity index (χ1) is 17.4. The number of benzene rings is 3. The molecular formula is C25H18BrN5O4S. The second-order valence-electron chi connectivity index (χ2n) is 7.89. The van der Waals surface area contributed by atoms with Gasteiger partial charge in [-0.25, -0.2) is 0 Å². The highest BCUT2D eigenvalue weighted by molar-refractivity contribution is 9.10. The van der Waals surface area contributed by atoms with E-state index < -0.39 is 11.2 Å². The summed E-state index contributed by atoms with van der Waals surface area (Å²) in [6.45, 7) is 0.